The molecular formula is C16H24N2O2. The Kier molecular flexibility index (Phi) is 4.08. The summed E-state index contributed by atoms with van der Waals surface area (Å²) in [6.07, 6.45) is 10.4. The highest BCUT2D eigenvalue weighted by Gasteiger charge is 2.37. The lowest BCUT2D eigenvalue weighted by Gasteiger charge is -2.34. The zero-order valence-electron chi connectivity index (χ0n) is 12.1. The number of allylic oxidation sites excluding steroid dienone is 1. The average molecular weight is 276 g/mol. The molecule has 2 amide bonds. The predicted octanol–water partition coefficient (Wildman–Crippen LogP) is 2.10. The number of nitrogens with zero attached hydrogens (tertiary/aromatic N) is 2. The second-order valence-corrected chi connectivity index (χ2v) is 6.18. The molecule has 4 nitrogen and oxygen atoms in total. The number of hydrogen-bond donors (Lipinski definition) is 0. The van der Waals surface area contributed by atoms with Crippen molar-refractivity contribution in [3.63, 3.8) is 0 Å². The lowest BCUT2D eigenvalue weighted by Crippen LogP contribution is -2.49. The molecule has 3 rings (SSSR count). The molecule has 2 aliphatic heterocycles. The van der Waals surface area contributed by atoms with Crippen molar-refractivity contribution in [3.05, 3.63) is 11.6 Å². The largest absolute Gasteiger partial charge is 0.340 e. The van der Waals surface area contributed by atoms with Crippen molar-refractivity contribution in [2.24, 2.45) is 0 Å². The predicted molar refractivity (Wildman–Crippen MR) is 77.1 cm³/mol. The topological polar surface area (TPSA) is 40.6 Å². The first-order valence-corrected chi connectivity index (χ1v) is 8.02. The van der Waals surface area contributed by atoms with E-state index in [1.54, 1.807) is 0 Å². The Morgan fingerprint density at radius 3 is 2.80 bits per heavy atom. The second kappa shape index (κ2) is 5.98. The lowest BCUT2D eigenvalue weighted by atomic mass is 10.0. The van der Waals surface area contributed by atoms with E-state index in [4.69, 9.17) is 0 Å². The van der Waals surface area contributed by atoms with Crippen molar-refractivity contribution in [1.82, 2.24) is 9.80 Å². The van der Waals surface area contributed by atoms with Gasteiger partial charge in [0.25, 0.3) is 0 Å². The lowest BCUT2D eigenvalue weighted by molar-refractivity contribution is -0.143. The summed E-state index contributed by atoms with van der Waals surface area (Å²) in [4.78, 5) is 28.5. The summed E-state index contributed by atoms with van der Waals surface area (Å²) < 4.78 is 0. The minimum Gasteiger partial charge on any atom is -0.340 e. The normalized spacial score (nSPS) is 27.4. The first kappa shape index (κ1) is 13.7. The number of carbonyl (C=O) groups excluding carboxylic acids is 2. The van der Waals surface area contributed by atoms with Gasteiger partial charge in [-0.05, 0) is 44.9 Å². The highest BCUT2D eigenvalue weighted by Crippen LogP contribution is 2.25. The van der Waals surface area contributed by atoms with Crippen LogP contribution >= 0.6 is 0 Å². The summed E-state index contributed by atoms with van der Waals surface area (Å²) >= 11 is 0. The number of piperidine rings is 1. The van der Waals surface area contributed by atoms with Crippen LogP contribution in [0.15, 0.2) is 11.6 Å². The van der Waals surface area contributed by atoms with Crippen molar-refractivity contribution in [3.8, 4) is 0 Å². The third-order valence-electron chi connectivity index (χ3n) is 4.85. The molecule has 0 aromatic carbocycles. The van der Waals surface area contributed by atoms with E-state index in [0.717, 1.165) is 38.8 Å². The van der Waals surface area contributed by atoms with Gasteiger partial charge in [0, 0.05) is 26.1 Å². The first-order valence-electron chi connectivity index (χ1n) is 8.02. The van der Waals surface area contributed by atoms with E-state index in [1.807, 2.05) is 9.80 Å². The Hall–Kier alpha value is -1.32. The van der Waals surface area contributed by atoms with Crippen LogP contribution in [0.1, 0.15) is 51.4 Å². The quantitative estimate of drug-likeness (QED) is 0.741. The Balaban J connectivity index is 1.65. The molecule has 0 radical (unpaired) electrons. The van der Waals surface area contributed by atoms with Gasteiger partial charge in [-0.25, -0.2) is 0 Å². The van der Waals surface area contributed by atoms with Crippen LogP contribution in [0.4, 0.5) is 0 Å². The SMILES string of the molecule is O=C1C2CCCCN2C(=O)CCN1CCC1=CCCC1. The fourth-order valence-corrected chi connectivity index (χ4v) is 3.65. The van der Waals surface area contributed by atoms with Crippen LogP contribution < -0.4 is 0 Å². The maximum atomic E-state index is 12.6. The van der Waals surface area contributed by atoms with Gasteiger partial charge in [0.1, 0.15) is 6.04 Å². The molecule has 0 spiro atoms. The van der Waals surface area contributed by atoms with Crippen LogP contribution in [0, 0.1) is 0 Å². The Bertz CT molecular complexity index is 430. The smallest absolute Gasteiger partial charge is 0.245 e. The molecule has 0 N–H and O–H groups in total. The van der Waals surface area contributed by atoms with E-state index < -0.39 is 0 Å². The number of hydrogen-bond acceptors (Lipinski definition) is 2. The minimum atomic E-state index is -0.170. The summed E-state index contributed by atoms with van der Waals surface area (Å²) in [5.74, 6) is 0.361. The van der Waals surface area contributed by atoms with E-state index in [0.29, 0.717) is 13.0 Å². The number of amides is 2. The summed E-state index contributed by atoms with van der Waals surface area (Å²) in [6.45, 7) is 2.18. The van der Waals surface area contributed by atoms with Crippen molar-refractivity contribution >= 4 is 11.8 Å². The van der Waals surface area contributed by atoms with Crippen LogP contribution in [0.5, 0.6) is 0 Å². The van der Waals surface area contributed by atoms with Gasteiger partial charge in [-0.15, -0.1) is 0 Å². The molecule has 0 bridgehead atoms. The fourth-order valence-electron chi connectivity index (χ4n) is 3.65. The molecule has 4 heteroatoms. The molecule has 0 saturated carbocycles. The van der Waals surface area contributed by atoms with Gasteiger partial charge in [-0.2, -0.15) is 0 Å². The molecule has 1 atom stereocenters. The highest BCUT2D eigenvalue weighted by atomic mass is 16.2. The van der Waals surface area contributed by atoms with Crippen molar-refractivity contribution in [2.75, 3.05) is 19.6 Å². The molecule has 110 valence electrons. The van der Waals surface area contributed by atoms with Gasteiger partial charge >= 0.3 is 0 Å². The van der Waals surface area contributed by atoms with Gasteiger partial charge in [-0.3, -0.25) is 9.59 Å². The van der Waals surface area contributed by atoms with Crippen molar-refractivity contribution < 1.29 is 9.59 Å². The molecule has 3 aliphatic rings. The zero-order valence-corrected chi connectivity index (χ0v) is 12.1. The maximum Gasteiger partial charge on any atom is 0.245 e. The molecule has 0 aromatic heterocycles. The standard InChI is InChI=1S/C16H24N2O2/c19-15-9-12-17(11-8-13-5-1-2-6-13)16(20)14-7-3-4-10-18(14)15/h5,14H,1-4,6-12H2. The van der Waals surface area contributed by atoms with E-state index in [2.05, 4.69) is 6.08 Å². The fraction of sp³-hybridized carbons (Fsp3) is 0.750. The number of rotatable bonds is 3. The van der Waals surface area contributed by atoms with Crippen molar-refractivity contribution in [1.29, 1.82) is 0 Å². The first-order chi connectivity index (χ1) is 9.75. The van der Waals surface area contributed by atoms with Gasteiger partial charge in [0.15, 0.2) is 0 Å². The summed E-state index contributed by atoms with van der Waals surface area (Å²) in [7, 11) is 0. The third-order valence-corrected chi connectivity index (χ3v) is 4.85. The number of fused-ring (bicyclic) bond motifs is 1. The van der Waals surface area contributed by atoms with Crippen LogP contribution in [-0.2, 0) is 9.59 Å². The van der Waals surface area contributed by atoms with E-state index in [9.17, 15) is 9.59 Å². The van der Waals surface area contributed by atoms with Crippen LogP contribution in [0.2, 0.25) is 0 Å². The molecule has 2 heterocycles. The van der Waals surface area contributed by atoms with Crippen molar-refractivity contribution in [2.45, 2.75) is 57.4 Å². The summed E-state index contributed by atoms with van der Waals surface area (Å²) in [6, 6.07) is -0.170. The Morgan fingerprint density at radius 2 is 2.00 bits per heavy atom. The molecule has 1 unspecified atom stereocenters. The minimum absolute atomic E-state index is 0.170. The van der Waals surface area contributed by atoms with Crippen LogP contribution in [-0.4, -0.2) is 47.3 Å². The van der Waals surface area contributed by atoms with Gasteiger partial charge in [0.2, 0.25) is 11.8 Å². The second-order valence-electron chi connectivity index (χ2n) is 6.18. The van der Waals surface area contributed by atoms with Gasteiger partial charge in [-0.1, -0.05) is 11.6 Å². The maximum absolute atomic E-state index is 12.6. The molecule has 1 aliphatic carbocycles. The van der Waals surface area contributed by atoms with E-state index in [1.165, 1.54) is 24.8 Å². The van der Waals surface area contributed by atoms with E-state index >= 15 is 0 Å². The molecule has 20 heavy (non-hydrogen) atoms. The Morgan fingerprint density at radius 1 is 1.10 bits per heavy atom. The van der Waals surface area contributed by atoms with Gasteiger partial charge in [0.05, 0.1) is 0 Å². The zero-order chi connectivity index (χ0) is 13.9. The highest BCUT2D eigenvalue weighted by molar-refractivity contribution is 5.90. The van der Waals surface area contributed by atoms with E-state index in [-0.39, 0.29) is 17.9 Å². The molecule has 2 saturated heterocycles. The van der Waals surface area contributed by atoms with Crippen LogP contribution in [0.25, 0.3) is 0 Å². The molecule has 0 aromatic rings. The average Bonchev–Trinajstić information content (AvgIpc) is 2.96. The number of carbonyl (C=O) groups is 2. The molecule has 2 fully saturated rings. The summed E-state index contributed by atoms with van der Waals surface area (Å²) in [5.41, 5.74) is 1.49. The van der Waals surface area contributed by atoms with Crippen LogP contribution in [0.3, 0.4) is 0 Å². The Labute approximate surface area is 120 Å². The summed E-state index contributed by atoms with van der Waals surface area (Å²) in [5, 5.41) is 0. The molecular weight excluding hydrogens is 252 g/mol. The monoisotopic (exact) mass is 276 g/mol. The third kappa shape index (κ3) is 2.74. The van der Waals surface area contributed by atoms with Gasteiger partial charge < -0.3 is 9.80 Å².